The molecule has 9 heteroatoms. The molecule has 0 spiro atoms. The van der Waals surface area contributed by atoms with Gasteiger partial charge in [-0.25, -0.2) is 4.79 Å². The Labute approximate surface area is 113 Å². The number of urea groups is 1. The summed E-state index contributed by atoms with van der Waals surface area (Å²) in [5.41, 5.74) is 0. The first-order chi connectivity index (χ1) is 9.19. The van der Waals surface area contributed by atoms with Crippen molar-refractivity contribution in [1.29, 1.82) is 0 Å². The average molecular weight is 298 g/mol. The van der Waals surface area contributed by atoms with Gasteiger partial charge in [-0.2, -0.15) is 13.2 Å². The molecule has 0 aromatic carbocycles. The Morgan fingerprint density at radius 1 is 1.25 bits per heavy atom. The number of carboxylic acid groups (broad SMARTS) is 1. The smallest absolute Gasteiger partial charge is 0.406 e. The van der Waals surface area contributed by atoms with Gasteiger partial charge in [-0.3, -0.25) is 4.79 Å². The largest absolute Gasteiger partial charge is 0.480 e. The molecule has 0 radical (unpaired) electrons. The minimum absolute atomic E-state index is 0.170. The summed E-state index contributed by atoms with van der Waals surface area (Å²) in [6.45, 7) is -2.69. The molecule has 20 heavy (non-hydrogen) atoms. The predicted octanol–water partition coefficient (Wildman–Crippen LogP) is 0.948. The minimum atomic E-state index is -4.68. The van der Waals surface area contributed by atoms with E-state index in [4.69, 9.17) is 5.11 Å². The summed E-state index contributed by atoms with van der Waals surface area (Å²) in [5, 5.41) is 20.5. The zero-order valence-electron chi connectivity index (χ0n) is 10.7. The Bertz CT molecular complexity index is 362. The van der Waals surface area contributed by atoms with Crippen molar-refractivity contribution < 1.29 is 33.0 Å². The molecular formula is C11H17F3N2O4. The number of rotatable bonds is 4. The summed E-state index contributed by atoms with van der Waals surface area (Å²) in [4.78, 5) is 22.4. The van der Waals surface area contributed by atoms with E-state index in [1.807, 2.05) is 0 Å². The fourth-order valence-electron chi connectivity index (χ4n) is 2.11. The van der Waals surface area contributed by atoms with Crippen molar-refractivity contribution >= 4 is 12.0 Å². The average Bonchev–Trinajstić information content (AvgIpc) is 2.28. The maximum Gasteiger partial charge on any atom is 0.406 e. The normalized spacial score (nSPS) is 23.2. The van der Waals surface area contributed by atoms with Gasteiger partial charge in [0.05, 0.1) is 12.1 Å². The Morgan fingerprint density at radius 2 is 1.85 bits per heavy atom. The minimum Gasteiger partial charge on any atom is -0.480 e. The quantitative estimate of drug-likeness (QED) is 0.721. The van der Waals surface area contributed by atoms with Crippen LogP contribution in [-0.2, 0) is 4.79 Å². The summed E-state index contributed by atoms with van der Waals surface area (Å²) in [5.74, 6) is -1.53. The van der Waals surface area contributed by atoms with E-state index >= 15 is 0 Å². The lowest BCUT2D eigenvalue weighted by Crippen LogP contribution is -2.53. The molecule has 0 bridgehead atoms. The van der Waals surface area contributed by atoms with Gasteiger partial charge in [0.1, 0.15) is 13.1 Å². The predicted molar refractivity (Wildman–Crippen MR) is 62.1 cm³/mol. The van der Waals surface area contributed by atoms with Gasteiger partial charge in [-0.05, 0) is 12.8 Å². The number of nitrogens with one attached hydrogen (secondary N) is 1. The van der Waals surface area contributed by atoms with Crippen LogP contribution in [0.4, 0.5) is 18.0 Å². The molecule has 1 fully saturated rings. The second kappa shape index (κ2) is 6.78. The molecule has 2 atom stereocenters. The van der Waals surface area contributed by atoms with Crippen molar-refractivity contribution in [3.63, 3.8) is 0 Å². The summed E-state index contributed by atoms with van der Waals surface area (Å²) < 4.78 is 36.9. The van der Waals surface area contributed by atoms with Crippen LogP contribution in [0.3, 0.4) is 0 Å². The van der Waals surface area contributed by atoms with Crippen molar-refractivity contribution in [2.24, 2.45) is 0 Å². The number of amides is 2. The fraction of sp³-hybridized carbons (Fsp3) is 0.818. The van der Waals surface area contributed by atoms with Gasteiger partial charge in [-0.15, -0.1) is 0 Å². The fourth-order valence-corrected chi connectivity index (χ4v) is 2.11. The number of nitrogens with zero attached hydrogens (tertiary/aromatic N) is 1. The molecule has 0 saturated heterocycles. The van der Waals surface area contributed by atoms with Crippen molar-refractivity contribution in [3.05, 3.63) is 0 Å². The molecule has 1 aliphatic rings. The molecule has 0 aliphatic heterocycles. The van der Waals surface area contributed by atoms with Crippen molar-refractivity contribution in [3.8, 4) is 0 Å². The molecule has 2 unspecified atom stereocenters. The lowest BCUT2D eigenvalue weighted by molar-refractivity contribution is -0.149. The summed E-state index contributed by atoms with van der Waals surface area (Å²) in [7, 11) is 0. The summed E-state index contributed by atoms with van der Waals surface area (Å²) in [6.07, 6.45) is -3.04. The molecule has 0 heterocycles. The molecule has 3 N–H and O–H groups in total. The van der Waals surface area contributed by atoms with Crippen LogP contribution >= 0.6 is 0 Å². The number of hydrogen-bond donors (Lipinski definition) is 3. The van der Waals surface area contributed by atoms with E-state index in [0.717, 1.165) is 12.8 Å². The van der Waals surface area contributed by atoms with Crippen LogP contribution in [0.5, 0.6) is 0 Å². The van der Waals surface area contributed by atoms with E-state index in [-0.39, 0.29) is 4.90 Å². The zero-order valence-corrected chi connectivity index (χ0v) is 10.7. The van der Waals surface area contributed by atoms with E-state index < -0.39 is 43.4 Å². The Morgan fingerprint density at radius 3 is 2.35 bits per heavy atom. The number of aliphatic carboxylic acids is 1. The molecule has 2 amide bonds. The zero-order chi connectivity index (χ0) is 15.3. The lowest BCUT2D eigenvalue weighted by Gasteiger charge is -2.31. The number of aliphatic hydroxyl groups excluding tert-OH is 1. The molecule has 1 aliphatic carbocycles. The van der Waals surface area contributed by atoms with Crippen molar-refractivity contribution in [2.75, 3.05) is 13.1 Å². The second-order valence-electron chi connectivity index (χ2n) is 4.77. The number of hydrogen-bond acceptors (Lipinski definition) is 3. The maximum absolute atomic E-state index is 12.3. The Kier molecular flexibility index (Phi) is 5.61. The highest BCUT2D eigenvalue weighted by Gasteiger charge is 2.35. The van der Waals surface area contributed by atoms with Gasteiger partial charge in [0.15, 0.2) is 0 Å². The van der Waals surface area contributed by atoms with Gasteiger partial charge >= 0.3 is 18.2 Å². The van der Waals surface area contributed by atoms with Crippen LogP contribution in [0.2, 0.25) is 0 Å². The van der Waals surface area contributed by atoms with Crippen molar-refractivity contribution in [1.82, 2.24) is 10.2 Å². The van der Waals surface area contributed by atoms with Gasteiger partial charge in [0.25, 0.3) is 0 Å². The molecular weight excluding hydrogens is 281 g/mol. The monoisotopic (exact) mass is 298 g/mol. The van der Waals surface area contributed by atoms with Gasteiger partial charge in [-0.1, -0.05) is 12.8 Å². The maximum atomic E-state index is 12.3. The summed E-state index contributed by atoms with van der Waals surface area (Å²) in [6, 6.07) is -1.77. The molecule has 6 nitrogen and oxygen atoms in total. The third kappa shape index (κ3) is 5.64. The topological polar surface area (TPSA) is 89.9 Å². The van der Waals surface area contributed by atoms with Crippen LogP contribution in [0.25, 0.3) is 0 Å². The second-order valence-corrected chi connectivity index (χ2v) is 4.77. The molecule has 1 saturated carbocycles. The van der Waals surface area contributed by atoms with Crippen LogP contribution in [-0.4, -0.2) is 58.5 Å². The lowest BCUT2D eigenvalue weighted by atomic mass is 9.93. The highest BCUT2D eigenvalue weighted by atomic mass is 19.4. The number of carbonyl (C=O) groups is 2. The highest BCUT2D eigenvalue weighted by Crippen LogP contribution is 2.20. The number of halogens is 3. The van der Waals surface area contributed by atoms with E-state index in [9.17, 15) is 27.9 Å². The molecule has 0 aromatic heterocycles. The van der Waals surface area contributed by atoms with Crippen LogP contribution in [0.15, 0.2) is 0 Å². The first kappa shape index (κ1) is 16.5. The number of aliphatic hydroxyl groups is 1. The van der Waals surface area contributed by atoms with Crippen molar-refractivity contribution in [2.45, 2.75) is 44.0 Å². The molecule has 0 aromatic rings. The molecule has 116 valence electrons. The Balaban J connectivity index is 2.64. The van der Waals surface area contributed by atoms with E-state index in [2.05, 4.69) is 5.32 Å². The SMILES string of the molecule is O=C(O)CN(CC(F)(F)F)C(=O)NC1CCCCC1O. The highest BCUT2D eigenvalue weighted by molar-refractivity contribution is 5.80. The number of carbonyl (C=O) groups excluding carboxylic acids is 1. The van der Waals surface area contributed by atoms with Gasteiger partial charge in [0, 0.05) is 0 Å². The number of alkyl halides is 3. The van der Waals surface area contributed by atoms with Crippen LogP contribution in [0, 0.1) is 0 Å². The van der Waals surface area contributed by atoms with Gasteiger partial charge in [0.2, 0.25) is 0 Å². The summed E-state index contributed by atoms with van der Waals surface area (Å²) >= 11 is 0. The third-order valence-electron chi connectivity index (χ3n) is 3.02. The van der Waals surface area contributed by atoms with E-state index in [1.165, 1.54) is 0 Å². The van der Waals surface area contributed by atoms with E-state index in [0.29, 0.717) is 12.8 Å². The first-order valence-corrected chi connectivity index (χ1v) is 6.21. The first-order valence-electron chi connectivity index (χ1n) is 6.21. The van der Waals surface area contributed by atoms with Crippen LogP contribution in [0.1, 0.15) is 25.7 Å². The number of carboxylic acids is 1. The Hall–Kier alpha value is -1.51. The third-order valence-corrected chi connectivity index (χ3v) is 3.02. The van der Waals surface area contributed by atoms with Gasteiger partial charge < -0.3 is 20.4 Å². The van der Waals surface area contributed by atoms with E-state index in [1.54, 1.807) is 0 Å². The van der Waals surface area contributed by atoms with Crippen LogP contribution < -0.4 is 5.32 Å². The molecule has 1 rings (SSSR count). The standard InChI is InChI=1S/C11H17F3N2O4/c12-11(13,14)6-16(5-9(18)19)10(20)15-7-3-1-2-4-8(7)17/h7-8,17H,1-6H2,(H,15,20)(H,18,19).